The van der Waals surface area contributed by atoms with Crippen molar-refractivity contribution in [3.05, 3.63) is 41.4 Å². The molecule has 4 nitrogen and oxygen atoms in total. The Kier molecular flexibility index (Phi) is 3.12. The predicted molar refractivity (Wildman–Crippen MR) is 63.0 cm³/mol. The minimum Gasteiger partial charge on any atom is -0.495 e. The molecule has 5 heteroatoms. The van der Waals surface area contributed by atoms with Gasteiger partial charge in [-0.3, -0.25) is 4.57 Å². The van der Waals surface area contributed by atoms with Crippen LogP contribution in [0.1, 0.15) is 5.69 Å². The Morgan fingerprint density at radius 1 is 1.50 bits per heavy atom. The van der Waals surface area contributed by atoms with Gasteiger partial charge in [0.1, 0.15) is 5.75 Å². The number of imidazole rings is 1. The van der Waals surface area contributed by atoms with Crippen LogP contribution in [0.4, 0.5) is 0 Å². The molecular weight excluding hydrogens is 226 g/mol. The minimum atomic E-state index is 0.412. The zero-order chi connectivity index (χ0) is 11.5. The molecule has 0 radical (unpaired) electrons. The molecule has 2 aromatic rings. The van der Waals surface area contributed by atoms with Gasteiger partial charge < -0.3 is 10.5 Å². The van der Waals surface area contributed by atoms with E-state index < -0.39 is 0 Å². The van der Waals surface area contributed by atoms with Crippen LogP contribution in [0.15, 0.2) is 30.7 Å². The molecule has 1 heterocycles. The third-order valence-corrected chi connectivity index (χ3v) is 2.56. The molecule has 16 heavy (non-hydrogen) atoms. The Balaban J connectivity index is 2.58. The maximum atomic E-state index is 5.97. The van der Waals surface area contributed by atoms with E-state index in [0.717, 1.165) is 17.1 Å². The summed E-state index contributed by atoms with van der Waals surface area (Å²) in [6.07, 6.45) is 3.41. The summed E-state index contributed by atoms with van der Waals surface area (Å²) >= 11 is 5.97. The lowest BCUT2D eigenvalue weighted by Crippen LogP contribution is -2.05. The first kappa shape index (κ1) is 11.0. The van der Waals surface area contributed by atoms with Gasteiger partial charge in [-0.15, -0.1) is 0 Å². The molecule has 0 aliphatic carbocycles. The third-order valence-electron chi connectivity index (χ3n) is 2.32. The molecule has 0 spiro atoms. The Bertz CT molecular complexity index is 496. The highest BCUT2D eigenvalue weighted by Gasteiger charge is 2.09. The highest BCUT2D eigenvalue weighted by Crippen LogP contribution is 2.27. The molecular formula is C11H12ClN3O. The van der Waals surface area contributed by atoms with Crippen molar-refractivity contribution in [2.45, 2.75) is 6.54 Å². The molecule has 2 rings (SSSR count). The molecule has 0 saturated heterocycles. The van der Waals surface area contributed by atoms with Gasteiger partial charge in [-0.2, -0.15) is 0 Å². The molecule has 0 aliphatic rings. The second kappa shape index (κ2) is 4.55. The zero-order valence-electron chi connectivity index (χ0n) is 8.85. The van der Waals surface area contributed by atoms with Crippen molar-refractivity contribution < 1.29 is 4.74 Å². The molecule has 0 aliphatic heterocycles. The van der Waals surface area contributed by atoms with Crippen molar-refractivity contribution in [3.8, 4) is 11.4 Å². The van der Waals surface area contributed by atoms with Gasteiger partial charge >= 0.3 is 0 Å². The number of rotatable bonds is 3. The van der Waals surface area contributed by atoms with Crippen LogP contribution in [0, 0.1) is 0 Å². The molecule has 1 aromatic heterocycles. The van der Waals surface area contributed by atoms with Gasteiger partial charge in [0.2, 0.25) is 0 Å². The number of nitrogens with zero attached hydrogens (tertiary/aromatic N) is 2. The van der Waals surface area contributed by atoms with E-state index >= 15 is 0 Å². The van der Waals surface area contributed by atoms with Crippen LogP contribution in [0.25, 0.3) is 5.69 Å². The molecule has 0 bridgehead atoms. The second-order valence-electron chi connectivity index (χ2n) is 3.28. The maximum Gasteiger partial charge on any atom is 0.142 e. The first-order chi connectivity index (χ1) is 7.76. The van der Waals surface area contributed by atoms with Crippen molar-refractivity contribution in [3.63, 3.8) is 0 Å². The van der Waals surface area contributed by atoms with Crippen molar-refractivity contribution in [1.29, 1.82) is 0 Å². The van der Waals surface area contributed by atoms with Crippen LogP contribution in [-0.4, -0.2) is 16.7 Å². The summed E-state index contributed by atoms with van der Waals surface area (Å²) in [5.74, 6) is 0.733. The van der Waals surface area contributed by atoms with Crippen LogP contribution < -0.4 is 10.5 Å². The molecule has 0 saturated carbocycles. The Morgan fingerprint density at radius 2 is 2.31 bits per heavy atom. The summed E-state index contributed by atoms with van der Waals surface area (Å²) in [5.41, 5.74) is 7.37. The van der Waals surface area contributed by atoms with Gasteiger partial charge in [-0.05, 0) is 18.2 Å². The summed E-state index contributed by atoms with van der Waals surface area (Å²) in [6.45, 7) is 0.412. The van der Waals surface area contributed by atoms with Gasteiger partial charge in [0.05, 0.1) is 24.8 Å². The van der Waals surface area contributed by atoms with E-state index in [1.165, 1.54) is 0 Å². The van der Waals surface area contributed by atoms with E-state index in [4.69, 9.17) is 22.1 Å². The normalized spacial score (nSPS) is 10.4. The van der Waals surface area contributed by atoms with Gasteiger partial charge in [0, 0.05) is 17.8 Å². The smallest absolute Gasteiger partial charge is 0.142 e. The standard InChI is InChI=1S/C11H12ClN3O/c1-16-11-3-2-8(12)4-10(11)15-7-14-6-9(15)5-13/h2-4,6-7H,5,13H2,1H3. The van der Waals surface area contributed by atoms with Crippen molar-refractivity contribution >= 4 is 11.6 Å². The number of methoxy groups -OCH3 is 1. The lowest BCUT2D eigenvalue weighted by atomic mass is 10.2. The monoisotopic (exact) mass is 237 g/mol. The molecule has 2 N–H and O–H groups in total. The quantitative estimate of drug-likeness (QED) is 0.888. The number of hydrogen-bond acceptors (Lipinski definition) is 3. The first-order valence-electron chi connectivity index (χ1n) is 4.81. The molecule has 0 unspecified atom stereocenters. The summed E-state index contributed by atoms with van der Waals surface area (Å²) in [6, 6.07) is 5.42. The highest BCUT2D eigenvalue weighted by molar-refractivity contribution is 6.30. The lowest BCUT2D eigenvalue weighted by Gasteiger charge is -2.11. The lowest BCUT2D eigenvalue weighted by molar-refractivity contribution is 0.412. The van der Waals surface area contributed by atoms with E-state index in [-0.39, 0.29) is 0 Å². The van der Waals surface area contributed by atoms with Crippen LogP contribution >= 0.6 is 11.6 Å². The van der Waals surface area contributed by atoms with E-state index in [1.54, 1.807) is 25.7 Å². The van der Waals surface area contributed by atoms with E-state index in [0.29, 0.717) is 11.6 Å². The van der Waals surface area contributed by atoms with E-state index in [2.05, 4.69) is 4.98 Å². The molecule has 1 aromatic carbocycles. The SMILES string of the molecule is COc1ccc(Cl)cc1-n1cncc1CN. The third kappa shape index (κ3) is 1.89. The number of benzene rings is 1. The minimum absolute atomic E-state index is 0.412. The average molecular weight is 238 g/mol. The summed E-state index contributed by atoms with van der Waals surface area (Å²) < 4.78 is 7.14. The highest BCUT2D eigenvalue weighted by atomic mass is 35.5. The fourth-order valence-electron chi connectivity index (χ4n) is 1.54. The number of aromatic nitrogens is 2. The Hall–Kier alpha value is -1.52. The molecule has 0 fully saturated rings. The summed E-state index contributed by atoms with van der Waals surface area (Å²) in [7, 11) is 1.62. The molecule has 0 amide bonds. The molecule has 0 atom stereocenters. The average Bonchev–Trinajstić information content (AvgIpc) is 2.76. The number of halogens is 1. The van der Waals surface area contributed by atoms with Crippen LogP contribution in [-0.2, 0) is 6.54 Å². The Morgan fingerprint density at radius 3 is 3.00 bits per heavy atom. The maximum absolute atomic E-state index is 5.97. The van der Waals surface area contributed by atoms with E-state index in [1.807, 2.05) is 16.7 Å². The first-order valence-corrected chi connectivity index (χ1v) is 5.19. The fraction of sp³-hybridized carbons (Fsp3) is 0.182. The van der Waals surface area contributed by atoms with Crippen LogP contribution in [0.2, 0.25) is 5.02 Å². The van der Waals surface area contributed by atoms with Crippen molar-refractivity contribution in [1.82, 2.24) is 9.55 Å². The zero-order valence-corrected chi connectivity index (χ0v) is 9.61. The molecule has 84 valence electrons. The van der Waals surface area contributed by atoms with Gasteiger partial charge in [0.25, 0.3) is 0 Å². The Labute approximate surface area is 98.6 Å². The largest absolute Gasteiger partial charge is 0.495 e. The van der Waals surface area contributed by atoms with Crippen LogP contribution in [0.5, 0.6) is 5.75 Å². The van der Waals surface area contributed by atoms with Gasteiger partial charge in [-0.25, -0.2) is 4.98 Å². The topological polar surface area (TPSA) is 53.1 Å². The van der Waals surface area contributed by atoms with Gasteiger partial charge in [-0.1, -0.05) is 11.6 Å². The number of nitrogens with two attached hydrogens (primary N) is 1. The second-order valence-corrected chi connectivity index (χ2v) is 3.71. The number of ether oxygens (including phenoxy) is 1. The van der Waals surface area contributed by atoms with Gasteiger partial charge in [0.15, 0.2) is 0 Å². The van der Waals surface area contributed by atoms with Crippen LogP contribution in [0.3, 0.4) is 0 Å². The predicted octanol–water partition coefficient (Wildman–Crippen LogP) is 1.99. The van der Waals surface area contributed by atoms with Crippen molar-refractivity contribution in [2.24, 2.45) is 5.73 Å². The van der Waals surface area contributed by atoms with Crippen molar-refractivity contribution in [2.75, 3.05) is 7.11 Å². The van der Waals surface area contributed by atoms with E-state index in [9.17, 15) is 0 Å². The number of hydrogen-bond donors (Lipinski definition) is 1. The summed E-state index contributed by atoms with van der Waals surface area (Å²) in [5, 5.41) is 0.646. The summed E-state index contributed by atoms with van der Waals surface area (Å²) in [4.78, 5) is 4.06. The fourth-order valence-corrected chi connectivity index (χ4v) is 1.71.